The Bertz CT molecular complexity index is 1180. The molecule has 192 valence electrons. The fraction of sp³-hybridized carbons (Fsp3) is 0.520. The summed E-state index contributed by atoms with van der Waals surface area (Å²) in [5, 5.41) is 25.5. The molecule has 1 aliphatic rings. The smallest absolute Gasteiger partial charge is 0.310 e. The normalized spacial score (nSPS) is 22.2. The largest absolute Gasteiger partial charge is 0.391 e. The highest BCUT2D eigenvalue weighted by atomic mass is 32.2. The molecule has 1 fully saturated rings. The summed E-state index contributed by atoms with van der Waals surface area (Å²) in [5.74, 6) is -2.15. The topological polar surface area (TPSA) is 119 Å². The molecule has 0 spiro atoms. The quantitative estimate of drug-likeness (QED) is 0.415. The molecule has 10 heteroatoms. The zero-order valence-corrected chi connectivity index (χ0v) is 21.3. The van der Waals surface area contributed by atoms with Crippen LogP contribution >= 0.6 is 0 Å². The lowest BCUT2D eigenvalue weighted by Crippen LogP contribution is -2.54. The van der Waals surface area contributed by atoms with Gasteiger partial charge in [0.25, 0.3) is 0 Å². The number of rotatable bonds is 8. The minimum atomic E-state index is -3.47. The molecule has 1 heterocycles. The van der Waals surface area contributed by atoms with Gasteiger partial charge in [0.05, 0.1) is 34.7 Å². The molecule has 8 nitrogen and oxygen atoms in total. The van der Waals surface area contributed by atoms with Crippen molar-refractivity contribution in [3.63, 3.8) is 0 Å². The molecule has 3 rings (SSSR count). The van der Waals surface area contributed by atoms with Crippen LogP contribution in [0, 0.1) is 21.8 Å². The highest BCUT2D eigenvalue weighted by molar-refractivity contribution is 7.91. The van der Waals surface area contributed by atoms with Gasteiger partial charge in [-0.3, -0.25) is 10.1 Å². The van der Waals surface area contributed by atoms with E-state index in [-0.39, 0.29) is 35.5 Å². The summed E-state index contributed by atoms with van der Waals surface area (Å²) < 4.78 is 44.8. The summed E-state index contributed by atoms with van der Waals surface area (Å²) in [4.78, 5) is 10.4. The van der Waals surface area contributed by atoms with Crippen molar-refractivity contribution >= 4 is 15.5 Å². The van der Waals surface area contributed by atoms with Crippen LogP contribution < -0.4 is 5.32 Å². The van der Waals surface area contributed by atoms with Crippen LogP contribution in [0.2, 0.25) is 0 Å². The number of hydrogen-bond donors (Lipinski definition) is 2. The van der Waals surface area contributed by atoms with E-state index >= 15 is 0 Å². The van der Waals surface area contributed by atoms with Crippen molar-refractivity contribution in [1.29, 1.82) is 0 Å². The van der Waals surface area contributed by atoms with Crippen LogP contribution in [0.3, 0.4) is 0 Å². The van der Waals surface area contributed by atoms with Gasteiger partial charge in [-0.25, -0.2) is 8.42 Å². The van der Waals surface area contributed by atoms with Gasteiger partial charge in [-0.2, -0.15) is 4.39 Å². The third-order valence-electron chi connectivity index (χ3n) is 6.34. The fourth-order valence-electron chi connectivity index (χ4n) is 4.56. The van der Waals surface area contributed by atoms with E-state index in [2.05, 4.69) is 32.2 Å². The maximum atomic E-state index is 14.5. The van der Waals surface area contributed by atoms with Crippen LogP contribution in [-0.4, -0.2) is 49.2 Å². The van der Waals surface area contributed by atoms with Crippen molar-refractivity contribution in [3.8, 4) is 0 Å². The number of nitro groups is 1. The number of nitro benzene ring substituents is 1. The molecular formula is C25H33FN2O6S. The Balaban J connectivity index is 1.79. The summed E-state index contributed by atoms with van der Waals surface area (Å²) in [6.07, 6.45) is -0.933. The number of hydrogen-bond acceptors (Lipinski definition) is 7. The predicted molar refractivity (Wildman–Crippen MR) is 131 cm³/mol. The van der Waals surface area contributed by atoms with Crippen LogP contribution in [0.1, 0.15) is 43.0 Å². The zero-order valence-electron chi connectivity index (χ0n) is 20.5. The lowest BCUT2D eigenvalue weighted by Gasteiger charge is -2.35. The van der Waals surface area contributed by atoms with E-state index < -0.39 is 44.3 Å². The first-order valence-electron chi connectivity index (χ1n) is 11.5. The average molecular weight is 509 g/mol. The molecular weight excluding hydrogens is 475 g/mol. The molecule has 2 aromatic carbocycles. The first kappa shape index (κ1) is 27.2. The van der Waals surface area contributed by atoms with E-state index in [1.165, 1.54) is 13.2 Å². The van der Waals surface area contributed by atoms with E-state index in [4.69, 9.17) is 4.74 Å². The number of benzene rings is 2. The van der Waals surface area contributed by atoms with Gasteiger partial charge in [0, 0.05) is 25.6 Å². The highest BCUT2D eigenvalue weighted by Gasteiger charge is 2.39. The third kappa shape index (κ3) is 6.84. The first-order chi connectivity index (χ1) is 16.3. The molecule has 2 N–H and O–H groups in total. The highest BCUT2D eigenvalue weighted by Crippen LogP contribution is 2.29. The van der Waals surface area contributed by atoms with Crippen LogP contribution in [0.4, 0.5) is 10.1 Å². The number of aliphatic hydroxyl groups is 1. The minimum absolute atomic E-state index is 0.0313. The third-order valence-corrected chi connectivity index (χ3v) is 8.14. The van der Waals surface area contributed by atoms with Crippen LogP contribution in [-0.2, 0) is 39.6 Å². The van der Waals surface area contributed by atoms with Crippen molar-refractivity contribution in [2.75, 3.05) is 18.6 Å². The summed E-state index contributed by atoms with van der Waals surface area (Å²) in [7, 11) is -2.12. The second kappa shape index (κ2) is 10.7. The number of methoxy groups -OCH3 is 1. The van der Waals surface area contributed by atoms with Crippen LogP contribution in [0.15, 0.2) is 36.4 Å². The average Bonchev–Trinajstić information content (AvgIpc) is 2.74. The Labute approximate surface area is 205 Å². The van der Waals surface area contributed by atoms with Gasteiger partial charge in [0.15, 0.2) is 9.84 Å². The SMILES string of the molecule is COCc1cc(C[C@@H]2CS(=O)(=O)C[C@H](NCc3cccc(C(C)(C)C)c3)[C@H]2O)cc(F)c1[N+](=O)[O-]. The summed E-state index contributed by atoms with van der Waals surface area (Å²) in [6, 6.07) is 9.78. The van der Waals surface area contributed by atoms with Crippen molar-refractivity contribution < 1.29 is 27.6 Å². The maximum absolute atomic E-state index is 14.5. The molecule has 1 aliphatic heterocycles. The Morgan fingerprint density at radius 3 is 2.54 bits per heavy atom. The summed E-state index contributed by atoms with van der Waals surface area (Å²) in [5.41, 5.74) is 1.87. The van der Waals surface area contributed by atoms with Crippen LogP contribution in [0.5, 0.6) is 0 Å². The number of aliphatic hydroxyl groups excluding tert-OH is 1. The van der Waals surface area contributed by atoms with E-state index in [0.29, 0.717) is 12.1 Å². The number of nitrogens with zero attached hydrogens (tertiary/aromatic N) is 1. The summed E-state index contributed by atoms with van der Waals surface area (Å²) >= 11 is 0. The van der Waals surface area contributed by atoms with E-state index in [1.807, 2.05) is 18.2 Å². The second-order valence-electron chi connectivity index (χ2n) is 10.2. The molecule has 2 aromatic rings. The monoisotopic (exact) mass is 508 g/mol. The van der Waals surface area contributed by atoms with Gasteiger partial charge in [0.1, 0.15) is 0 Å². The first-order valence-corrected chi connectivity index (χ1v) is 13.3. The predicted octanol–water partition coefficient (Wildman–Crippen LogP) is 3.28. The Kier molecular flexibility index (Phi) is 8.31. The van der Waals surface area contributed by atoms with Crippen molar-refractivity contribution in [2.45, 2.75) is 57.9 Å². The lowest BCUT2D eigenvalue weighted by atomic mass is 9.86. The van der Waals surface area contributed by atoms with Gasteiger partial charge in [-0.15, -0.1) is 0 Å². The molecule has 0 aliphatic carbocycles. The Morgan fingerprint density at radius 2 is 1.91 bits per heavy atom. The molecule has 3 atom stereocenters. The summed E-state index contributed by atoms with van der Waals surface area (Å²) in [6.45, 7) is 6.56. The van der Waals surface area contributed by atoms with Gasteiger partial charge >= 0.3 is 5.69 Å². The van der Waals surface area contributed by atoms with E-state index in [1.54, 1.807) is 0 Å². The second-order valence-corrected chi connectivity index (χ2v) is 12.4. The molecule has 0 saturated carbocycles. The van der Waals surface area contributed by atoms with Gasteiger partial charge in [0.2, 0.25) is 5.82 Å². The van der Waals surface area contributed by atoms with E-state index in [9.17, 15) is 28.0 Å². The molecule has 0 unspecified atom stereocenters. The van der Waals surface area contributed by atoms with E-state index in [0.717, 1.165) is 17.2 Å². The van der Waals surface area contributed by atoms with Gasteiger partial charge in [-0.05, 0) is 40.7 Å². The molecule has 0 aromatic heterocycles. The lowest BCUT2D eigenvalue weighted by molar-refractivity contribution is -0.388. The number of ether oxygens (including phenoxy) is 1. The number of sulfone groups is 1. The van der Waals surface area contributed by atoms with Gasteiger partial charge in [-0.1, -0.05) is 45.0 Å². The number of nitrogens with one attached hydrogen (secondary N) is 1. The minimum Gasteiger partial charge on any atom is -0.391 e. The van der Waals surface area contributed by atoms with Crippen molar-refractivity contribution in [2.24, 2.45) is 5.92 Å². The van der Waals surface area contributed by atoms with Gasteiger partial charge < -0.3 is 15.2 Å². The standard InChI is InChI=1S/C25H33FN2O6S/c1-25(2,3)20-7-5-6-16(10-20)12-27-22-15-35(32,33)14-19(24(22)29)9-17-8-18(13-34-4)23(28(30)31)21(26)11-17/h5-8,10-11,19,22,24,27,29H,9,12-15H2,1-4H3/t19-,22+,24+/m1/s1. The molecule has 1 saturated heterocycles. The number of halogens is 1. The molecule has 0 radical (unpaired) electrons. The van der Waals surface area contributed by atoms with Crippen LogP contribution in [0.25, 0.3) is 0 Å². The van der Waals surface area contributed by atoms with Crippen molar-refractivity contribution in [1.82, 2.24) is 5.32 Å². The molecule has 0 amide bonds. The maximum Gasteiger partial charge on any atom is 0.310 e. The fourth-order valence-corrected chi connectivity index (χ4v) is 6.52. The van der Waals surface area contributed by atoms with Crippen molar-refractivity contribution in [3.05, 3.63) is 74.6 Å². The molecule has 35 heavy (non-hydrogen) atoms. The molecule has 0 bridgehead atoms. The Hall–Kier alpha value is -2.40. The Morgan fingerprint density at radius 1 is 1.20 bits per heavy atom. The zero-order chi connectivity index (χ0) is 26.0.